The van der Waals surface area contributed by atoms with Crippen LogP contribution < -0.4 is 0 Å². The van der Waals surface area contributed by atoms with Crippen molar-refractivity contribution in [3.63, 3.8) is 0 Å². The molecule has 1 unspecified atom stereocenters. The molecule has 2 aliphatic heterocycles. The summed E-state index contributed by atoms with van der Waals surface area (Å²) in [4.78, 5) is 16.4. The molecule has 1 aromatic rings. The second-order valence-electron chi connectivity index (χ2n) is 8.31. The van der Waals surface area contributed by atoms with E-state index in [1.807, 2.05) is 16.5 Å². The zero-order valence-corrected chi connectivity index (χ0v) is 16.1. The summed E-state index contributed by atoms with van der Waals surface area (Å²) in [7, 11) is 0. The van der Waals surface area contributed by atoms with Crippen molar-refractivity contribution in [1.82, 2.24) is 19.6 Å². The largest absolute Gasteiger partial charge is 0.394 e. The number of likely N-dealkylation sites (tertiary alicyclic amines) is 2. The molecule has 0 aromatic carbocycles. The van der Waals surface area contributed by atoms with Gasteiger partial charge >= 0.3 is 0 Å². The van der Waals surface area contributed by atoms with Crippen LogP contribution in [0.15, 0.2) is 6.20 Å². The van der Waals surface area contributed by atoms with Crippen molar-refractivity contribution in [3.8, 4) is 0 Å². The first-order valence-electron chi connectivity index (χ1n) is 9.45. The Labute approximate surface area is 150 Å². The normalized spacial score (nSPS) is 26.5. The zero-order valence-electron chi connectivity index (χ0n) is 16.1. The van der Waals surface area contributed by atoms with E-state index in [4.69, 9.17) is 0 Å². The van der Waals surface area contributed by atoms with Crippen LogP contribution in [-0.4, -0.2) is 62.4 Å². The maximum absolute atomic E-state index is 12.0. The number of amides is 1. The number of aliphatic hydroxyl groups is 1. The predicted molar refractivity (Wildman–Crippen MR) is 97.1 cm³/mol. The molecule has 3 heterocycles. The first-order valence-corrected chi connectivity index (χ1v) is 9.45. The number of piperidine rings is 1. The van der Waals surface area contributed by atoms with Crippen molar-refractivity contribution in [3.05, 3.63) is 17.5 Å². The number of aromatic nitrogens is 2. The molecule has 0 radical (unpaired) electrons. The summed E-state index contributed by atoms with van der Waals surface area (Å²) < 4.78 is 2.00. The smallest absolute Gasteiger partial charge is 0.219 e. The molecule has 3 rings (SSSR count). The lowest BCUT2D eigenvalue weighted by atomic mass is 9.74. The number of aryl methyl sites for hydroxylation is 2. The van der Waals surface area contributed by atoms with Crippen LogP contribution in [0.3, 0.4) is 0 Å². The number of aliphatic hydroxyl groups excluding tert-OH is 1. The molecule has 2 aliphatic rings. The van der Waals surface area contributed by atoms with E-state index in [0.717, 1.165) is 57.7 Å². The van der Waals surface area contributed by atoms with E-state index in [-0.39, 0.29) is 17.9 Å². The topological polar surface area (TPSA) is 61.6 Å². The second-order valence-corrected chi connectivity index (χ2v) is 8.31. The summed E-state index contributed by atoms with van der Waals surface area (Å²) in [5.41, 5.74) is 2.21. The Balaban J connectivity index is 1.63. The van der Waals surface area contributed by atoms with E-state index in [1.165, 1.54) is 5.56 Å². The minimum Gasteiger partial charge on any atom is -0.394 e. The maximum Gasteiger partial charge on any atom is 0.219 e. The number of rotatable bonds is 4. The van der Waals surface area contributed by atoms with E-state index >= 15 is 0 Å². The van der Waals surface area contributed by atoms with E-state index in [9.17, 15) is 9.90 Å². The van der Waals surface area contributed by atoms with Crippen LogP contribution >= 0.6 is 0 Å². The summed E-state index contributed by atoms with van der Waals surface area (Å²) in [6.07, 6.45) is 5.26. The lowest BCUT2D eigenvalue weighted by Gasteiger charge is -2.39. The lowest BCUT2D eigenvalue weighted by Crippen LogP contribution is -2.46. The monoisotopic (exact) mass is 348 g/mol. The third-order valence-electron chi connectivity index (χ3n) is 6.30. The van der Waals surface area contributed by atoms with Gasteiger partial charge in [-0.2, -0.15) is 5.10 Å². The van der Waals surface area contributed by atoms with Crippen molar-refractivity contribution in [2.24, 2.45) is 5.41 Å². The maximum atomic E-state index is 12.0. The first-order chi connectivity index (χ1) is 11.8. The van der Waals surface area contributed by atoms with E-state index < -0.39 is 5.54 Å². The van der Waals surface area contributed by atoms with Gasteiger partial charge in [0.2, 0.25) is 5.91 Å². The van der Waals surface area contributed by atoms with Crippen LogP contribution in [0.2, 0.25) is 0 Å². The van der Waals surface area contributed by atoms with Gasteiger partial charge in [-0.25, -0.2) is 0 Å². The number of hydrogen-bond acceptors (Lipinski definition) is 4. The molecule has 2 fully saturated rings. The molecular formula is C19H32N4O2. The Morgan fingerprint density at radius 3 is 2.52 bits per heavy atom. The van der Waals surface area contributed by atoms with Gasteiger partial charge in [-0.3, -0.25) is 14.4 Å². The molecule has 1 atom stereocenters. The van der Waals surface area contributed by atoms with Crippen LogP contribution in [0, 0.1) is 12.3 Å². The number of hydrogen-bond donors (Lipinski definition) is 1. The summed E-state index contributed by atoms with van der Waals surface area (Å²) in [5, 5.41) is 14.4. The minimum atomic E-state index is -0.396. The molecule has 140 valence electrons. The van der Waals surface area contributed by atoms with Crippen LogP contribution in [0.4, 0.5) is 0 Å². The van der Waals surface area contributed by atoms with Gasteiger partial charge < -0.3 is 10.0 Å². The highest BCUT2D eigenvalue weighted by molar-refractivity contribution is 5.74. The van der Waals surface area contributed by atoms with Gasteiger partial charge in [0.15, 0.2) is 0 Å². The third-order valence-corrected chi connectivity index (χ3v) is 6.30. The average molecular weight is 348 g/mol. The van der Waals surface area contributed by atoms with Gasteiger partial charge in [-0.1, -0.05) is 0 Å². The first kappa shape index (κ1) is 18.4. The molecular weight excluding hydrogens is 316 g/mol. The van der Waals surface area contributed by atoms with Crippen molar-refractivity contribution in [2.45, 2.75) is 65.6 Å². The second kappa shape index (κ2) is 6.72. The van der Waals surface area contributed by atoms with Gasteiger partial charge in [-0.05, 0) is 58.5 Å². The SMILES string of the molecule is CCn1cc(CN2CCC3(CC2)CN(C(C)=O)C(C)(CO)C3)c(C)n1. The number of carbonyl (C=O) groups is 1. The summed E-state index contributed by atoms with van der Waals surface area (Å²) in [5.74, 6) is 0.0819. The number of nitrogens with zero attached hydrogens (tertiary/aromatic N) is 4. The Kier molecular flexibility index (Phi) is 4.95. The zero-order chi connectivity index (χ0) is 18.2. The van der Waals surface area contributed by atoms with Gasteiger partial charge in [0.05, 0.1) is 17.8 Å². The molecule has 1 aromatic heterocycles. The molecule has 6 heteroatoms. The van der Waals surface area contributed by atoms with Gasteiger partial charge in [0.1, 0.15) is 0 Å². The molecule has 2 saturated heterocycles. The molecule has 6 nitrogen and oxygen atoms in total. The summed E-state index contributed by atoms with van der Waals surface area (Å²) in [6.45, 7) is 12.6. The summed E-state index contributed by atoms with van der Waals surface area (Å²) >= 11 is 0. The molecule has 0 bridgehead atoms. The van der Waals surface area contributed by atoms with E-state index in [1.54, 1.807) is 6.92 Å². The van der Waals surface area contributed by atoms with Gasteiger partial charge in [-0.15, -0.1) is 0 Å². The van der Waals surface area contributed by atoms with E-state index in [0.29, 0.717) is 0 Å². The van der Waals surface area contributed by atoms with Crippen molar-refractivity contribution < 1.29 is 9.90 Å². The molecule has 0 saturated carbocycles. The predicted octanol–water partition coefficient (Wildman–Crippen LogP) is 1.80. The van der Waals surface area contributed by atoms with Crippen molar-refractivity contribution in [2.75, 3.05) is 26.2 Å². The minimum absolute atomic E-state index is 0.0490. The van der Waals surface area contributed by atoms with Crippen LogP contribution in [-0.2, 0) is 17.9 Å². The quantitative estimate of drug-likeness (QED) is 0.901. The fourth-order valence-corrected chi connectivity index (χ4v) is 4.76. The Hall–Kier alpha value is -1.40. The standard InChI is InChI=1S/C19H32N4O2/c1-5-22-11-17(15(2)20-22)10-21-8-6-19(7-9-21)12-18(4,14-24)23(13-19)16(3)25/h11,24H,5-10,12-14H2,1-4H3. The van der Waals surface area contributed by atoms with E-state index in [2.05, 4.69) is 30.0 Å². The van der Waals surface area contributed by atoms with Gasteiger partial charge in [0.25, 0.3) is 0 Å². The third kappa shape index (κ3) is 3.47. The highest BCUT2D eigenvalue weighted by Crippen LogP contribution is 2.48. The van der Waals surface area contributed by atoms with Crippen molar-refractivity contribution in [1.29, 1.82) is 0 Å². The molecule has 1 N–H and O–H groups in total. The Bertz CT molecular complexity index is 633. The fourth-order valence-electron chi connectivity index (χ4n) is 4.76. The van der Waals surface area contributed by atoms with Crippen molar-refractivity contribution >= 4 is 5.91 Å². The molecule has 0 aliphatic carbocycles. The van der Waals surface area contributed by atoms with Crippen LogP contribution in [0.1, 0.15) is 51.3 Å². The highest BCUT2D eigenvalue weighted by atomic mass is 16.3. The van der Waals surface area contributed by atoms with Crippen LogP contribution in [0.5, 0.6) is 0 Å². The molecule has 1 spiro atoms. The number of carbonyl (C=O) groups excluding carboxylic acids is 1. The molecule has 1 amide bonds. The van der Waals surface area contributed by atoms with Crippen LogP contribution in [0.25, 0.3) is 0 Å². The Morgan fingerprint density at radius 2 is 2.04 bits per heavy atom. The lowest BCUT2D eigenvalue weighted by molar-refractivity contribution is -0.134. The fraction of sp³-hybridized carbons (Fsp3) is 0.789. The molecule has 25 heavy (non-hydrogen) atoms. The highest BCUT2D eigenvalue weighted by Gasteiger charge is 2.52. The Morgan fingerprint density at radius 1 is 1.36 bits per heavy atom. The summed E-state index contributed by atoms with van der Waals surface area (Å²) in [6, 6.07) is 0. The average Bonchev–Trinajstić information content (AvgIpc) is 3.08. The van der Waals surface area contributed by atoms with Gasteiger partial charge in [0, 0.05) is 38.3 Å².